The molecule has 0 spiro atoms. The molecule has 3 nitrogen and oxygen atoms in total. The van der Waals surface area contributed by atoms with E-state index in [1.54, 1.807) is 14.2 Å². The van der Waals surface area contributed by atoms with Crippen molar-refractivity contribution >= 4 is 27.8 Å². The molecule has 0 fully saturated rings. The van der Waals surface area contributed by atoms with Gasteiger partial charge in [-0.1, -0.05) is 15.9 Å². The molecular formula is C16H16BrNO2. The number of hydrogen-bond acceptors (Lipinski definition) is 3. The molecule has 0 aliphatic rings. The van der Waals surface area contributed by atoms with E-state index in [0.29, 0.717) is 0 Å². The molecule has 2 aromatic carbocycles. The first kappa shape index (κ1) is 14.6. The van der Waals surface area contributed by atoms with E-state index in [-0.39, 0.29) is 0 Å². The topological polar surface area (TPSA) is 30.8 Å². The fourth-order valence-corrected chi connectivity index (χ4v) is 2.29. The van der Waals surface area contributed by atoms with Crippen LogP contribution in [0.5, 0.6) is 11.5 Å². The average Bonchev–Trinajstić information content (AvgIpc) is 2.48. The Morgan fingerprint density at radius 2 is 1.75 bits per heavy atom. The van der Waals surface area contributed by atoms with Crippen molar-refractivity contribution in [1.29, 1.82) is 0 Å². The maximum Gasteiger partial charge on any atom is 0.123 e. The summed E-state index contributed by atoms with van der Waals surface area (Å²) in [7, 11) is 3.31. The molecule has 2 aromatic rings. The maximum atomic E-state index is 5.34. The van der Waals surface area contributed by atoms with E-state index in [1.165, 1.54) is 0 Å². The third kappa shape index (κ3) is 3.39. The molecule has 0 atom stereocenters. The number of hydrogen-bond donors (Lipinski definition) is 0. The van der Waals surface area contributed by atoms with Gasteiger partial charge in [-0.2, -0.15) is 0 Å². The van der Waals surface area contributed by atoms with Gasteiger partial charge in [0.2, 0.25) is 0 Å². The lowest BCUT2D eigenvalue weighted by molar-refractivity contribution is 0.411. The van der Waals surface area contributed by atoms with Crippen LogP contribution in [0.4, 0.5) is 5.69 Å². The van der Waals surface area contributed by atoms with Gasteiger partial charge in [-0.05, 0) is 48.9 Å². The molecule has 0 saturated heterocycles. The lowest BCUT2D eigenvalue weighted by Gasteiger charge is -2.08. The number of aliphatic imine (C=N–C) groups is 1. The van der Waals surface area contributed by atoms with Gasteiger partial charge >= 0.3 is 0 Å². The predicted octanol–water partition coefficient (Wildman–Crippen LogP) is 4.53. The molecule has 2 rings (SSSR count). The van der Waals surface area contributed by atoms with Gasteiger partial charge in [-0.3, -0.25) is 4.99 Å². The SMILES string of the molecule is COc1ccc(N=Cc2cc(Br)cc(OC)c2C)cc1. The highest BCUT2D eigenvalue weighted by Gasteiger charge is 2.05. The van der Waals surface area contributed by atoms with Crippen LogP contribution in [-0.2, 0) is 0 Å². The number of nitrogens with zero attached hydrogens (tertiary/aromatic N) is 1. The number of benzene rings is 2. The van der Waals surface area contributed by atoms with Crippen LogP contribution in [-0.4, -0.2) is 20.4 Å². The Balaban J connectivity index is 2.28. The van der Waals surface area contributed by atoms with E-state index in [0.717, 1.165) is 32.8 Å². The molecule has 0 radical (unpaired) electrons. The van der Waals surface area contributed by atoms with Crippen LogP contribution >= 0.6 is 15.9 Å². The lowest BCUT2D eigenvalue weighted by atomic mass is 10.1. The summed E-state index contributed by atoms with van der Waals surface area (Å²) in [5.41, 5.74) is 2.96. The van der Waals surface area contributed by atoms with Gasteiger partial charge in [-0.25, -0.2) is 0 Å². The fourth-order valence-electron chi connectivity index (χ4n) is 1.83. The van der Waals surface area contributed by atoms with Crippen LogP contribution in [0.1, 0.15) is 11.1 Å². The van der Waals surface area contributed by atoms with Crippen molar-refractivity contribution in [2.24, 2.45) is 4.99 Å². The van der Waals surface area contributed by atoms with Gasteiger partial charge in [0.1, 0.15) is 11.5 Å². The molecule has 0 aromatic heterocycles. The minimum atomic E-state index is 0.823. The van der Waals surface area contributed by atoms with E-state index in [4.69, 9.17) is 9.47 Å². The highest BCUT2D eigenvalue weighted by molar-refractivity contribution is 9.10. The van der Waals surface area contributed by atoms with E-state index in [1.807, 2.05) is 49.5 Å². The summed E-state index contributed by atoms with van der Waals surface area (Å²) in [5.74, 6) is 1.67. The Hall–Kier alpha value is -1.81. The predicted molar refractivity (Wildman–Crippen MR) is 85.7 cm³/mol. The molecular weight excluding hydrogens is 318 g/mol. The van der Waals surface area contributed by atoms with Gasteiger partial charge < -0.3 is 9.47 Å². The largest absolute Gasteiger partial charge is 0.497 e. The molecule has 0 saturated carbocycles. The van der Waals surface area contributed by atoms with Crippen LogP contribution in [0, 0.1) is 6.92 Å². The summed E-state index contributed by atoms with van der Waals surface area (Å²) in [6.07, 6.45) is 1.84. The van der Waals surface area contributed by atoms with Crippen molar-refractivity contribution in [3.63, 3.8) is 0 Å². The Labute approximate surface area is 127 Å². The van der Waals surface area contributed by atoms with Crippen LogP contribution in [0.3, 0.4) is 0 Å². The standard InChI is InChI=1S/C16H16BrNO2/c1-11-12(8-13(17)9-16(11)20-3)10-18-14-4-6-15(19-2)7-5-14/h4-10H,1-3H3. The van der Waals surface area contributed by atoms with Crippen molar-refractivity contribution in [2.75, 3.05) is 14.2 Å². The molecule has 4 heteroatoms. The van der Waals surface area contributed by atoms with Crippen molar-refractivity contribution < 1.29 is 9.47 Å². The highest BCUT2D eigenvalue weighted by Crippen LogP contribution is 2.26. The Bertz CT molecular complexity index is 621. The van der Waals surface area contributed by atoms with Crippen molar-refractivity contribution in [3.05, 3.63) is 52.0 Å². The second kappa shape index (κ2) is 6.57. The molecule has 0 aliphatic carbocycles. The number of rotatable bonds is 4. The van der Waals surface area contributed by atoms with Crippen LogP contribution in [0.25, 0.3) is 0 Å². The fraction of sp³-hybridized carbons (Fsp3) is 0.188. The molecule has 20 heavy (non-hydrogen) atoms. The Morgan fingerprint density at radius 1 is 1.05 bits per heavy atom. The van der Waals surface area contributed by atoms with E-state index >= 15 is 0 Å². The first-order valence-corrected chi connectivity index (χ1v) is 6.95. The molecule has 0 unspecified atom stereocenters. The first-order valence-electron chi connectivity index (χ1n) is 6.16. The van der Waals surface area contributed by atoms with Crippen LogP contribution < -0.4 is 9.47 Å². The third-order valence-corrected chi connectivity index (χ3v) is 3.47. The Kier molecular flexibility index (Phi) is 4.79. The Morgan fingerprint density at radius 3 is 2.35 bits per heavy atom. The van der Waals surface area contributed by atoms with Gasteiger partial charge in [-0.15, -0.1) is 0 Å². The number of ether oxygens (including phenoxy) is 2. The minimum Gasteiger partial charge on any atom is -0.497 e. The van der Waals surface area contributed by atoms with E-state index in [9.17, 15) is 0 Å². The van der Waals surface area contributed by atoms with Gasteiger partial charge in [0.15, 0.2) is 0 Å². The maximum absolute atomic E-state index is 5.34. The van der Waals surface area contributed by atoms with Crippen molar-refractivity contribution in [1.82, 2.24) is 0 Å². The summed E-state index contributed by atoms with van der Waals surface area (Å²) in [4.78, 5) is 4.47. The summed E-state index contributed by atoms with van der Waals surface area (Å²) >= 11 is 3.47. The normalized spacial score (nSPS) is 10.8. The van der Waals surface area contributed by atoms with E-state index < -0.39 is 0 Å². The summed E-state index contributed by atoms with van der Waals surface area (Å²) in [5, 5.41) is 0. The number of methoxy groups -OCH3 is 2. The molecule has 0 aliphatic heterocycles. The van der Waals surface area contributed by atoms with E-state index in [2.05, 4.69) is 20.9 Å². The molecule has 104 valence electrons. The smallest absolute Gasteiger partial charge is 0.123 e. The van der Waals surface area contributed by atoms with Gasteiger partial charge in [0.05, 0.1) is 19.9 Å². The van der Waals surface area contributed by atoms with Crippen LogP contribution in [0.15, 0.2) is 45.9 Å². The average molecular weight is 334 g/mol. The summed E-state index contributed by atoms with van der Waals surface area (Å²) in [6, 6.07) is 11.6. The second-order valence-electron chi connectivity index (χ2n) is 4.28. The number of halogens is 1. The molecule has 0 heterocycles. The summed E-state index contributed by atoms with van der Waals surface area (Å²) in [6.45, 7) is 2.01. The molecule has 0 N–H and O–H groups in total. The molecule has 0 amide bonds. The second-order valence-corrected chi connectivity index (χ2v) is 5.19. The lowest BCUT2D eigenvalue weighted by Crippen LogP contribution is -1.93. The minimum absolute atomic E-state index is 0.823. The highest BCUT2D eigenvalue weighted by atomic mass is 79.9. The van der Waals surface area contributed by atoms with Gasteiger partial charge in [0, 0.05) is 16.3 Å². The zero-order chi connectivity index (χ0) is 14.5. The van der Waals surface area contributed by atoms with Crippen LogP contribution in [0.2, 0.25) is 0 Å². The summed E-state index contributed by atoms with van der Waals surface area (Å²) < 4.78 is 11.4. The third-order valence-electron chi connectivity index (χ3n) is 3.01. The molecule has 0 bridgehead atoms. The monoisotopic (exact) mass is 333 g/mol. The van der Waals surface area contributed by atoms with Crippen molar-refractivity contribution in [3.8, 4) is 11.5 Å². The van der Waals surface area contributed by atoms with Gasteiger partial charge in [0.25, 0.3) is 0 Å². The van der Waals surface area contributed by atoms with Crippen molar-refractivity contribution in [2.45, 2.75) is 6.92 Å². The quantitative estimate of drug-likeness (QED) is 0.770. The first-order chi connectivity index (χ1) is 9.63. The zero-order valence-electron chi connectivity index (χ0n) is 11.7. The zero-order valence-corrected chi connectivity index (χ0v) is 13.3.